The fourth-order valence-corrected chi connectivity index (χ4v) is 0.909. The van der Waals surface area contributed by atoms with Gasteiger partial charge < -0.3 is 5.32 Å². The molecule has 0 radical (unpaired) electrons. The van der Waals surface area contributed by atoms with Crippen molar-refractivity contribution in [1.82, 2.24) is 0 Å². The van der Waals surface area contributed by atoms with Crippen LogP contribution in [0.2, 0.25) is 0 Å². The summed E-state index contributed by atoms with van der Waals surface area (Å²) in [5.41, 5.74) is 1.50. The van der Waals surface area contributed by atoms with Gasteiger partial charge in [-0.25, -0.2) is 0 Å². The summed E-state index contributed by atoms with van der Waals surface area (Å²) >= 11 is 0. The maximum Gasteiger partial charge on any atom is 0.108 e. The molecule has 0 saturated heterocycles. The van der Waals surface area contributed by atoms with Crippen molar-refractivity contribution < 1.29 is 0 Å². The lowest BCUT2D eigenvalue weighted by Gasteiger charge is -2.02. The monoisotopic (exact) mass is 164 g/mol. The van der Waals surface area contributed by atoms with Gasteiger partial charge in [0.25, 0.3) is 0 Å². The zero-order chi connectivity index (χ0) is 8.81. The Balaban J connectivity index is 2.58. The predicted octanol–water partition coefficient (Wildman–Crippen LogP) is 2.91. The molecule has 64 valence electrons. The van der Waals surface area contributed by atoms with Gasteiger partial charge in [0.2, 0.25) is 0 Å². The third-order valence-electron chi connectivity index (χ3n) is 1.55. The molecule has 3 heteroatoms. The van der Waals surface area contributed by atoms with E-state index in [1.165, 1.54) is 0 Å². The van der Waals surface area contributed by atoms with Gasteiger partial charge in [0.1, 0.15) is 5.69 Å². The molecule has 0 saturated carbocycles. The molecule has 12 heavy (non-hydrogen) atoms. The van der Waals surface area contributed by atoms with Gasteiger partial charge in [-0.05, 0) is 35.9 Å². The van der Waals surface area contributed by atoms with Gasteiger partial charge in [-0.2, -0.15) is 0 Å². The van der Waals surface area contributed by atoms with Gasteiger partial charge in [-0.1, -0.05) is 6.92 Å². The van der Waals surface area contributed by atoms with Gasteiger partial charge in [0.15, 0.2) is 0 Å². The minimum absolute atomic E-state index is 0.469. The first kappa shape index (κ1) is 8.71. The summed E-state index contributed by atoms with van der Waals surface area (Å²) in [5.74, 6) is 0. The summed E-state index contributed by atoms with van der Waals surface area (Å²) in [6.07, 6.45) is 1.09. The maximum atomic E-state index is 10.1. The highest BCUT2D eigenvalue weighted by Crippen LogP contribution is 2.15. The predicted molar refractivity (Wildman–Crippen MR) is 50.7 cm³/mol. The molecule has 0 bridgehead atoms. The van der Waals surface area contributed by atoms with Crippen LogP contribution < -0.4 is 5.32 Å². The Morgan fingerprint density at radius 2 is 2.00 bits per heavy atom. The van der Waals surface area contributed by atoms with E-state index >= 15 is 0 Å². The molecular weight excluding hydrogens is 152 g/mol. The molecule has 1 aromatic rings. The number of anilines is 1. The fourth-order valence-electron chi connectivity index (χ4n) is 0.909. The topological polar surface area (TPSA) is 41.5 Å². The molecule has 0 unspecified atom stereocenters. The Labute approximate surface area is 71.8 Å². The first-order valence-electron chi connectivity index (χ1n) is 4.04. The lowest BCUT2D eigenvalue weighted by molar-refractivity contribution is 0.980. The Hall–Kier alpha value is -1.38. The number of hydrogen-bond donors (Lipinski definition) is 1. The molecule has 0 aliphatic heterocycles. The van der Waals surface area contributed by atoms with E-state index < -0.39 is 0 Å². The van der Waals surface area contributed by atoms with Crippen LogP contribution in [-0.4, -0.2) is 6.54 Å². The second-order valence-corrected chi connectivity index (χ2v) is 2.56. The van der Waals surface area contributed by atoms with Crippen molar-refractivity contribution in [2.45, 2.75) is 13.3 Å². The smallest absolute Gasteiger partial charge is 0.108 e. The molecule has 3 nitrogen and oxygen atoms in total. The van der Waals surface area contributed by atoms with Gasteiger partial charge in [-0.15, -0.1) is 4.91 Å². The number of benzene rings is 1. The van der Waals surface area contributed by atoms with E-state index in [9.17, 15) is 4.91 Å². The quantitative estimate of drug-likeness (QED) is 0.695. The Bertz CT molecular complexity index is 243. The Kier molecular flexibility index (Phi) is 3.26. The summed E-state index contributed by atoms with van der Waals surface area (Å²) < 4.78 is 0. The minimum Gasteiger partial charge on any atom is -0.385 e. The lowest BCUT2D eigenvalue weighted by atomic mass is 10.3. The molecule has 0 aromatic heterocycles. The molecule has 0 atom stereocenters. The maximum absolute atomic E-state index is 10.1. The highest BCUT2D eigenvalue weighted by molar-refractivity contribution is 5.50. The van der Waals surface area contributed by atoms with Crippen LogP contribution in [0.25, 0.3) is 0 Å². The van der Waals surface area contributed by atoms with Crippen LogP contribution in [0.4, 0.5) is 11.4 Å². The number of rotatable bonds is 4. The van der Waals surface area contributed by atoms with Gasteiger partial charge >= 0.3 is 0 Å². The third kappa shape index (κ3) is 2.34. The summed E-state index contributed by atoms with van der Waals surface area (Å²) in [5, 5.41) is 6.02. The highest BCUT2D eigenvalue weighted by atomic mass is 16.3. The van der Waals surface area contributed by atoms with E-state index in [0.29, 0.717) is 5.69 Å². The number of nitrogens with one attached hydrogen (secondary N) is 1. The SMILES string of the molecule is CCCNc1ccc(N=O)cc1. The lowest BCUT2D eigenvalue weighted by Crippen LogP contribution is -1.98. The molecule has 1 rings (SSSR count). The molecule has 1 aromatic carbocycles. The van der Waals surface area contributed by atoms with Crippen molar-refractivity contribution >= 4 is 11.4 Å². The van der Waals surface area contributed by atoms with Crippen molar-refractivity contribution in [3.8, 4) is 0 Å². The number of nitrogens with zero attached hydrogens (tertiary/aromatic N) is 1. The summed E-state index contributed by atoms with van der Waals surface area (Å²) in [4.78, 5) is 10.1. The average Bonchev–Trinajstić information content (AvgIpc) is 2.15. The summed E-state index contributed by atoms with van der Waals surface area (Å²) in [6, 6.07) is 7.11. The zero-order valence-electron chi connectivity index (χ0n) is 7.08. The molecule has 0 amide bonds. The molecular formula is C9H12N2O. The molecule has 0 spiro atoms. The van der Waals surface area contributed by atoms with E-state index in [0.717, 1.165) is 18.7 Å². The standard InChI is InChI=1S/C9H12N2O/c1-2-7-10-8-3-5-9(11-12)6-4-8/h3-6,10H,2,7H2,1H3. The normalized spacial score (nSPS) is 9.42. The number of nitroso groups, excluding NO2 is 1. The first-order chi connectivity index (χ1) is 5.86. The van der Waals surface area contributed by atoms with Crippen molar-refractivity contribution in [3.05, 3.63) is 29.2 Å². The summed E-state index contributed by atoms with van der Waals surface area (Å²) in [7, 11) is 0. The second kappa shape index (κ2) is 4.49. The Morgan fingerprint density at radius 3 is 2.50 bits per heavy atom. The van der Waals surface area contributed by atoms with E-state index in [1.807, 2.05) is 12.1 Å². The van der Waals surface area contributed by atoms with E-state index in [2.05, 4.69) is 17.4 Å². The zero-order valence-corrected chi connectivity index (χ0v) is 7.08. The van der Waals surface area contributed by atoms with Gasteiger partial charge in [0.05, 0.1) is 0 Å². The number of hydrogen-bond acceptors (Lipinski definition) is 3. The molecule has 0 fully saturated rings. The van der Waals surface area contributed by atoms with Gasteiger partial charge in [-0.3, -0.25) is 0 Å². The molecule has 0 aliphatic rings. The van der Waals surface area contributed by atoms with Crippen LogP contribution >= 0.6 is 0 Å². The largest absolute Gasteiger partial charge is 0.385 e. The van der Waals surface area contributed by atoms with Crippen LogP contribution in [0.15, 0.2) is 29.4 Å². The molecule has 0 heterocycles. The molecule has 0 aliphatic carbocycles. The van der Waals surface area contributed by atoms with Crippen LogP contribution in [0.3, 0.4) is 0 Å². The van der Waals surface area contributed by atoms with Crippen LogP contribution in [0.1, 0.15) is 13.3 Å². The minimum atomic E-state index is 0.469. The average molecular weight is 164 g/mol. The molecule has 1 N–H and O–H groups in total. The first-order valence-corrected chi connectivity index (χ1v) is 4.04. The van der Waals surface area contributed by atoms with Crippen molar-refractivity contribution in [3.63, 3.8) is 0 Å². The van der Waals surface area contributed by atoms with Crippen LogP contribution in [-0.2, 0) is 0 Å². The summed E-state index contributed by atoms with van der Waals surface area (Å²) in [6.45, 7) is 3.06. The fraction of sp³-hybridized carbons (Fsp3) is 0.333. The van der Waals surface area contributed by atoms with Gasteiger partial charge in [0, 0.05) is 12.2 Å². The van der Waals surface area contributed by atoms with Crippen molar-refractivity contribution in [1.29, 1.82) is 0 Å². The van der Waals surface area contributed by atoms with Crippen LogP contribution in [0, 0.1) is 4.91 Å². The second-order valence-electron chi connectivity index (χ2n) is 2.56. The van der Waals surface area contributed by atoms with Crippen molar-refractivity contribution in [2.75, 3.05) is 11.9 Å². The highest BCUT2D eigenvalue weighted by Gasteiger charge is 1.91. The van der Waals surface area contributed by atoms with Crippen molar-refractivity contribution in [2.24, 2.45) is 5.18 Å². The van der Waals surface area contributed by atoms with E-state index in [4.69, 9.17) is 0 Å². The van der Waals surface area contributed by atoms with Crippen LogP contribution in [0.5, 0.6) is 0 Å². The van der Waals surface area contributed by atoms with E-state index in [1.54, 1.807) is 12.1 Å². The Morgan fingerprint density at radius 1 is 1.33 bits per heavy atom. The third-order valence-corrected chi connectivity index (χ3v) is 1.55. The van der Waals surface area contributed by atoms with E-state index in [-0.39, 0.29) is 0 Å².